The van der Waals surface area contributed by atoms with E-state index in [0.717, 1.165) is 25.2 Å². The molecule has 0 aromatic heterocycles. The molecule has 1 aromatic carbocycles. The Bertz CT molecular complexity index is 376. The van der Waals surface area contributed by atoms with Gasteiger partial charge in [-0.15, -0.1) is 0 Å². The van der Waals surface area contributed by atoms with Crippen LogP contribution in [0.25, 0.3) is 0 Å². The van der Waals surface area contributed by atoms with E-state index in [1.54, 1.807) is 0 Å². The molecule has 1 heterocycles. The topological polar surface area (TPSA) is 20.3 Å². The molecule has 2 nitrogen and oxygen atoms in total. The van der Waals surface area contributed by atoms with Gasteiger partial charge in [-0.05, 0) is 12.1 Å². The van der Waals surface area contributed by atoms with Gasteiger partial charge in [0.2, 0.25) is 0 Å². The lowest BCUT2D eigenvalue weighted by Gasteiger charge is -2.26. The average molecular weight is 258 g/mol. The summed E-state index contributed by atoms with van der Waals surface area (Å²) in [6, 6.07) is 5.53. The smallest absolute Gasteiger partial charge is 0.135 e. The van der Waals surface area contributed by atoms with Gasteiger partial charge in [-0.3, -0.25) is 9.69 Å². The monoisotopic (exact) mass is 257 g/mol. The molecular weight excluding hydrogens is 245 g/mol. The van der Waals surface area contributed by atoms with Crippen molar-refractivity contribution in [2.24, 2.45) is 0 Å². The fraction of sp³-hybridized carbons (Fsp3) is 0.417. The van der Waals surface area contributed by atoms with Gasteiger partial charge in [0.05, 0.1) is 0 Å². The van der Waals surface area contributed by atoms with Crippen molar-refractivity contribution < 1.29 is 4.79 Å². The summed E-state index contributed by atoms with van der Waals surface area (Å²) < 4.78 is 0. The molecule has 0 N–H and O–H groups in total. The van der Waals surface area contributed by atoms with Gasteiger partial charge in [-0.1, -0.05) is 29.3 Å². The standard InChI is InChI=1S/C12H13Cl2NO/c13-11-2-1-3-12(14)10(11)8-15-6-4-9(16)5-7-15/h1-3H,4-8H2. The minimum atomic E-state index is 0.349. The number of carbonyl (C=O) groups excluding carboxylic acids is 1. The minimum absolute atomic E-state index is 0.349. The van der Waals surface area contributed by atoms with E-state index < -0.39 is 0 Å². The highest BCUT2D eigenvalue weighted by molar-refractivity contribution is 6.35. The van der Waals surface area contributed by atoms with Gasteiger partial charge < -0.3 is 0 Å². The summed E-state index contributed by atoms with van der Waals surface area (Å²) in [4.78, 5) is 13.3. The number of hydrogen-bond donors (Lipinski definition) is 0. The zero-order valence-corrected chi connectivity index (χ0v) is 10.4. The van der Waals surface area contributed by atoms with Crippen molar-refractivity contribution in [1.82, 2.24) is 4.90 Å². The summed E-state index contributed by atoms with van der Waals surface area (Å²) in [5, 5.41) is 1.40. The molecule has 2 rings (SSSR count). The Balaban J connectivity index is 2.06. The van der Waals surface area contributed by atoms with Crippen LogP contribution in [-0.4, -0.2) is 23.8 Å². The molecular formula is C12H13Cl2NO. The summed E-state index contributed by atoms with van der Waals surface area (Å²) in [5.41, 5.74) is 0.959. The zero-order chi connectivity index (χ0) is 11.5. The molecule has 1 aromatic rings. The quantitative estimate of drug-likeness (QED) is 0.812. The van der Waals surface area contributed by atoms with Crippen LogP contribution in [0.5, 0.6) is 0 Å². The van der Waals surface area contributed by atoms with Gasteiger partial charge in [-0.2, -0.15) is 0 Å². The Kier molecular flexibility index (Phi) is 3.85. The molecule has 1 saturated heterocycles. The van der Waals surface area contributed by atoms with Crippen molar-refractivity contribution in [2.75, 3.05) is 13.1 Å². The number of likely N-dealkylation sites (tertiary alicyclic amines) is 1. The normalized spacial score (nSPS) is 17.8. The van der Waals surface area contributed by atoms with E-state index in [-0.39, 0.29) is 0 Å². The third-order valence-electron chi connectivity index (χ3n) is 2.86. The van der Waals surface area contributed by atoms with Crippen LogP contribution in [-0.2, 0) is 11.3 Å². The van der Waals surface area contributed by atoms with Crippen molar-refractivity contribution in [2.45, 2.75) is 19.4 Å². The number of rotatable bonds is 2. The first-order chi connectivity index (χ1) is 7.66. The third-order valence-corrected chi connectivity index (χ3v) is 3.57. The van der Waals surface area contributed by atoms with Crippen LogP contribution >= 0.6 is 23.2 Å². The first kappa shape index (κ1) is 11.9. The lowest BCUT2D eigenvalue weighted by atomic mass is 10.1. The first-order valence-electron chi connectivity index (χ1n) is 5.34. The number of benzene rings is 1. The lowest BCUT2D eigenvalue weighted by molar-refractivity contribution is -0.121. The fourth-order valence-electron chi connectivity index (χ4n) is 1.87. The van der Waals surface area contributed by atoms with Crippen molar-refractivity contribution in [3.8, 4) is 0 Å². The van der Waals surface area contributed by atoms with Crippen LogP contribution in [0, 0.1) is 0 Å². The maximum absolute atomic E-state index is 11.1. The summed E-state index contributed by atoms with van der Waals surface area (Å²) in [5.74, 6) is 0.349. The van der Waals surface area contributed by atoms with E-state index in [1.807, 2.05) is 18.2 Å². The molecule has 0 amide bonds. The molecule has 1 fully saturated rings. The predicted molar refractivity (Wildman–Crippen MR) is 66.0 cm³/mol. The average Bonchev–Trinajstić information content (AvgIpc) is 2.26. The Labute approximate surface area is 105 Å². The Morgan fingerprint density at radius 3 is 2.25 bits per heavy atom. The van der Waals surface area contributed by atoms with E-state index in [0.29, 0.717) is 28.7 Å². The maximum Gasteiger partial charge on any atom is 0.135 e. The Morgan fingerprint density at radius 2 is 1.69 bits per heavy atom. The van der Waals surface area contributed by atoms with E-state index in [2.05, 4.69) is 4.90 Å². The van der Waals surface area contributed by atoms with Gasteiger partial charge in [0, 0.05) is 48.1 Å². The Morgan fingerprint density at radius 1 is 1.12 bits per heavy atom. The first-order valence-corrected chi connectivity index (χ1v) is 6.09. The highest BCUT2D eigenvalue weighted by Crippen LogP contribution is 2.26. The number of halogens is 2. The third kappa shape index (κ3) is 2.76. The van der Waals surface area contributed by atoms with Crippen LogP contribution in [0.4, 0.5) is 0 Å². The van der Waals surface area contributed by atoms with Gasteiger partial charge >= 0.3 is 0 Å². The molecule has 1 aliphatic heterocycles. The number of ketones is 1. The molecule has 4 heteroatoms. The number of carbonyl (C=O) groups is 1. The highest BCUT2D eigenvalue weighted by atomic mass is 35.5. The van der Waals surface area contributed by atoms with E-state index in [1.165, 1.54) is 0 Å². The molecule has 0 radical (unpaired) electrons. The van der Waals surface area contributed by atoms with E-state index in [4.69, 9.17) is 23.2 Å². The molecule has 0 atom stereocenters. The summed E-state index contributed by atoms with van der Waals surface area (Å²) in [6.07, 6.45) is 1.28. The number of hydrogen-bond acceptors (Lipinski definition) is 2. The van der Waals surface area contributed by atoms with Gasteiger partial charge in [-0.25, -0.2) is 0 Å². The minimum Gasteiger partial charge on any atom is -0.300 e. The van der Waals surface area contributed by atoms with Crippen molar-refractivity contribution in [3.05, 3.63) is 33.8 Å². The molecule has 0 bridgehead atoms. The summed E-state index contributed by atoms with van der Waals surface area (Å²) in [6.45, 7) is 2.34. The molecule has 0 saturated carbocycles. The zero-order valence-electron chi connectivity index (χ0n) is 8.88. The van der Waals surface area contributed by atoms with Gasteiger partial charge in [0.1, 0.15) is 5.78 Å². The van der Waals surface area contributed by atoms with Crippen LogP contribution < -0.4 is 0 Å². The van der Waals surface area contributed by atoms with Gasteiger partial charge in [0.25, 0.3) is 0 Å². The largest absolute Gasteiger partial charge is 0.300 e. The van der Waals surface area contributed by atoms with Crippen LogP contribution in [0.1, 0.15) is 18.4 Å². The molecule has 86 valence electrons. The van der Waals surface area contributed by atoms with Crippen molar-refractivity contribution in [1.29, 1.82) is 0 Å². The summed E-state index contributed by atoms with van der Waals surface area (Å²) in [7, 11) is 0. The van der Waals surface area contributed by atoms with Crippen molar-refractivity contribution in [3.63, 3.8) is 0 Å². The van der Waals surface area contributed by atoms with Crippen LogP contribution in [0.3, 0.4) is 0 Å². The lowest BCUT2D eigenvalue weighted by Crippen LogP contribution is -2.33. The molecule has 0 spiro atoms. The number of nitrogens with zero attached hydrogens (tertiary/aromatic N) is 1. The van der Waals surface area contributed by atoms with Gasteiger partial charge in [0.15, 0.2) is 0 Å². The van der Waals surface area contributed by atoms with E-state index >= 15 is 0 Å². The second-order valence-electron chi connectivity index (χ2n) is 4.02. The molecule has 0 aliphatic carbocycles. The number of Topliss-reactive ketones (excluding diaryl/α,β-unsaturated/α-hetero) is 1. The molecule has 16 heavy (non-hydrogen) atoms. The SMILES string of the molecule is O=C1CCN(Cc2c(Cl)cccc2Cl)CC1. The van der Waals surface area contributed by atoms with Crippen LogP contribution in [0.15, 0.2) is 18.2 Å². The van der Waals surface area contributed by atoms with E-state index in [9.17, 15) is 4.79 Å². The molecule has 1 aliphatic rings. The van der Waals surface area contributed by atoms with Crippen LogP contribution in [0.2, 0.25) is 10.0 Å². The highest BCUT2D eigenvalue weighted by Gasteiger charge is 2.17. The second-order valence-corrected chi connectivity index (χ2v) is 4.83. The predicted octanol–water partition coefficient (Wildman–Crippen LogP) is 3.16. The summed E-state index contributed by atoms with van der Waals surface area (Å²) >= 11 is 12.2. The molecule has 0 unspecified atom stereocenters. The van der Waals surface area contributed by atoms with Crippen molar-refractivity contribution >= 4 is 29.0 Å². The fourth-order valence-corrected chi connectivity index (χ4v) is 2.38. The Hall–Kier alpha value is -0.570. The second kappa shape index (κ2) is 5.17. The maximum atomic E-state index is 11.1. The number of piperidine rings is 1.